The Kier molecular flexibility index (Phi) is 6.35. The van der Waals surface area contributed by atoms with Gasteiger partial charge in [0.15, 0.2) is 6.10 Å². The van der Waals surface area contributed by atoms with Crippen molar-refractivity contribution in [2.75, 3.05) is 16.6 Å². The summed E-state index contributed by atoms with van der Waals surface area (Å²) in [6.07, 6.45) is -1.01. The molecule has 3 heterocycles. The molecule has 0 spiro atoms. The van der Waals surface area contributed by atoms with Gasteiger partial charge in [0.25, 0.3) is 5.91 Å². The molecule has 0 radical (unpaired) electrons. The highest BCUT2D eigenvalue weighted by molar-refractivity contribution is 6.35. The van der Waals surface area contributed by atoms with Crippen molar-refractivity contribution in [3.63, 3.8) is 0 Å². The fourth-order valence-electron chi connectivity index (χ4n) is 4.96. The molecule has 3 atom stereocenters. The summed E-state index contributed by atoms with van der Waals surface area (Å²) in [4.78, 5) is 34.7. The highest BCUT2D eigenvalue weighted by atomic mass is 35.5. The maximum atomic E-state index is 13.8. The van der Waals surface area contributed by atoms with Gasteiger partial charge in [-0.3, -0.25) is 14.4 Å². The van der Waals surface area contributed by atoms with Gasteiger partial charge in [0.1, 0.15) is 29.2 Å². The number of fused-ring (bicyclic) bond motifs is 1. The zero-order valence-corrected chi connectivity index (χ0v) is 21.7. The largest absolute Gasteiger partial charge is 0.494 e. The zero-order chi connectivity index (χ0) is 26.4. The van der Waals surface area contributed by atoms with Crippen molar-refractivity contribution in [1.82, 2.24) is 0 Å². The van der Waals surface area contributed by atoms with Crippen molar-refractivity contribution in [2.24, 2.45) is 5.92 Å². The molecule has 0 aliphatic carbocycles. The van der Waals surface area contributed by atoms with E-state index in [2.05, 4.69) is 0 Å². The summed E-state index contributed by atoms with van der Waals surface area (Å²) in [6, 6.07) is 24.1. The third kappa shape index (κ3) is 4.13. The summed E-state index contributed by atoms with van der Waals surface area (Å²) in [5.74, 6) is -0.0272. The van der Waals surface area contributed by atoms with Gasteiger partial charge in [-0.25, -0.2) is 9.96 Å². The molecule has 0 saturated carbocycles. The molecule has 192 valence electrons. The van der Waals surface area contributed by atoms with Crippen molar-refractivity contribution in [1.29, 1.82) is 0 Å². The topological polar surface area (TPSA) is 72.2 Å². The minimum Gasteiger partial charge on any atom is -0.494 e. The first-order valence-corrected chi connectivity index (χ1v) is 12.9. The van der Waals surface area contributed by atoms with Gasteiger partial charge in [0.2, 0.25) is 5.91 Å². The number of halogens is 2. The Morgan fingerprint density at radius 1 is 0.868 bits per heavy atom. The first kappa shape index (κ1) is 24.6. The fourth-order valence-corrected chi connectivity index (χ4v) is 5.34. The lowest BCUT2D eigenvalue weighted by Gasteiger charge is -2.27. The lowest BCUT2D eigenvalue weighted by atomic mass is 9.94. The normalized spacial score (nSPS) is 20.8. The van der Waals surface area contributed by atoms with E-state index in [1.807, 2.05) is 37.3 Å². The predicted molar refractivity (Wildman–Crippen MR) is 144 cm³/mol. The van der Waals surface area contributed by atoms with Gasteiger partial charge < -0.3 is 9.15 Å². The number of benzene rings is 3. The highest BCUT2D eigenvalue weighted by Crippen LogP contribution is 2.48. The molecule has 2 aliphatic rings. The van der Waals surface area contributed by atoms with Gasteiger partial charge in [-0.1, -0.05) is 41.4 Å². The molecule has 38 heavy (non-hydrogen) atoms. The predicted octanol–water partition coefficient (Wildman–Crippen LogP) is 6.70. The van der Waals surface area contributed by atoms with Gasteiger partial charge in [0, 0.05) is 10.6 Å². The molecule has 3 aromatic carbocycles. The molecule has 2 aliphatic heterocycles. The minimum atomic E-state index is -1.01. The van der Waals surface area contributed by atoms with E-state index >= 15 is 0 Å². The Balaban J connectivity index is 1.39. The Morgan fingerprint density at radius 3 is 2.37 bits per heavy atom. The van der Waals surface area contributed by atoms with Crippen LogP contribution in [0, 0.1) is 5.92 Å². The first-order valence-electron chi connectivity index (χ1n) is 12.1. The summed E-state index contributed by atoms with van der Waals surface area (Å²) in [6.45, 7) is 2.40. The summed E-state index contributed by atoms with van der Waals surface area (Å²) >= 11 is 12.6. The molecule has 2 amide bonds. The molecule has 9 heteroatoms. The van der Waals surface area contributed by atoms with Crippen molar-refractivity contribution in [3.8, 4) is 17.1 Å². The number of rotatable bonds is 6. The van der Waals surface area contributed by atoms with Gasteiger partial charge in [-0.15, -0.1) is 0 Å². The van der Waals surface area contributed by atoms with E-state index in [0.29, 0.717) is 50.9 Å². The number of carbonyl (C=O) groups excluding carboxylic acids is 2. The number of ether oxygens (including phenoxy) is 1. The molecule has 0 bridgehead atoms. The second kappa shape index (κ2) is 9.83. The second-order valence-electron chi connectivity index (χ2n) is 8.92. The maximum absolute atomic E-state index is 13.8. The quantitative estimate of drug-likeness (QED) is 0.249. The average Bonchev–Trinajstić information content (AvgIpc) is 3.62. The molecular weight excluding hydrogens is 527 g/mol. The SMILES string of the molecule is CCOc1ccc(N2C(=O)C3ON(c4ccccc4)C(c4ccc(-c5cc(Cl)ccc5Cl)o4)C3C2=O)cc1. The van der Waals surface area contributed by atoms with Gasteiger partial charge in [-0.05, 0) is 73.7 Å². The van der Waals surface area contributed by atoms with Crippen LogP contribution in [0.25, 0.3) is 11.3 Å². The third-order valence-electron chi connectivity index (χ3n) is 6.64. The Morgan fingerprint density at radius 2 is 1.63 bits per heavy atom. The van der Waals surface area contributed by atoms with E-state index in [9.17, 15) is 9.59 Å². The number of furan rings is 1. The van der Waals surface area contributed by atoms with Crippen LogP contribution < -0.4 is 14.7 Å². The van der Waals surface area contributed by atoms with Crippen molar-refractivity contribution in [2.45, 2.75) is 19.1 Å². The molecule has 3 unspecified atom stereocenters. The van der Waals surface area contributed by atoms with Crippen LogP contribution in [0.1, 0.15) is 18.7 Å². The number of anilines is 2. The lowest BCUT2D eigenvalue weighted by Crippen LogP contribution is -2.37. The van der Waals surface area contributed by atoms with E-state index in [0.717, 1.165) is 0 Å². The van der Waals surface area contributed by atoms with Crippen LogP contribution in [0.3, 0.4) is 0 Å². The van der Waals surface area contributed by atoms with Crippen LogP contribution >= 0.6 is 23.2 Å². The Bertz CT molecular complexity index is 1510. The zero-order valence-electron chi connectivity index (χ0n) is 20.2. The summed E-state index contributed by atoms with van der Waals surface area (Å²) < 4.78 is 11.7. The highest BCUT2D eigenvalue weighted by Gasteiger charge is 2.61. The summed E-state index contributed by atoms with van der Waals surface area (Å²) in [5.41, 5.74) is 1.77. The first-order chi connectivity index (χ1) is 18.5. The van der Waals surface area contributed by atoms with E-state index < -0.39 is 24.0 Å². The molecule has 7 nitrogen and oxygen atoms in total. The molecular formula is C29H22Cl2N2O5. The standard InChI is InChI=1S/C29H22Cl2N2O5/c1-2-36-20-11-9-18(10-12-20)32-28(34)25-26(33(38-27(25)29(32)35)19-6-4-3-5-7-19)24-15-14-23(37-24)21-16-17(30)8-13-22(21)31/h3-16,25-27H,2H2,1H3. The van der Waals surface area contributed by atoms with E-state index in [-0.39, 0.29) is 5.91 Å². The number of carbonyl (C=O) groups is 2. The number of imide groups is 1. The number of hydroxylamine groups is 1. The van der Waals surface area contributed by atoms with Crippen LogP contribution in [0.15, 0.2) is 89.3 Å². The van der Waals surface area contributed by atoms with Gasteiger partial charge in [0.05, 0.1) is 23.0 Å². The van der Waals surface area contributed by atoms with Crippen LogP contribution in [0.2, 0.25) is 10.0 Å². The number of para-hydroxylation sites is 1. The van der Waals surface area contributed by atoms with Gasteiger partial charge in [-0.2, -0.15) is 0 Å². The molecule has 1 aromatic heterocycles. The lowest BCUT2D eigenvalue weighted by molar-refractivity contribution is -0.126. The maximum Gasteiger partial charge on any atom is 0.266 e. The third-order valence-corrected chi connectivity index (χ3v) is 7.21. The molecule has 2 fully saturated rings. The Labute approximate surface area is 229 Å². The van der Waals surface area contributed by atoms with Crippen LogP contribution in [-0.4, -0.2) is 24.5 Å². The molecule has 0 N–H and O–H groups in total. The van der Waals surface area contributed by atoms with Crippen LogP contribution in [0.5, 0.6) is 5.75 Å². The summed E-state index contributed by atoms with van der Waals surface area (Å²) in [5, 5.41) is 2.58. The number of amides is 2. The summed E-state index contributed by atoms with van der Waals surface area (Å²) in [7, 11) is 0. The average molecular weight is 549 g/mol. The molecule has 4 aromatic rings. The van der Waals surface area contributed by atoms with E-state index in [1.54, 1.807) is 59.7 Å². The van der Waals surface area contributed by atoms with Crippen molar-refractivity contribution < 1.29 is 23.6 Å². The van der Waals surface area contributed by atoms with Gasteiger partial charge >= 0.3 is 0 Å². The fraction of sp³-hybridized carbons (Fsp3) is 0.172. The monoisotopic (exact) mass is 548 g/mol. The number of nitrogens with zero attached hydrogens (tertiary/aromatic N) is 2. The van der Waals surface area contributed by atoms with Crippen LogP contribution in [-0.2, 0) is 14.4 Å². The van der Waals surface area contributed by atoms with E-state index in [1.165, 1.54) is 4.90 Å². The van der Waals surface area contributed by atoms with Crippen molar-refractivity contribution >= 4 is 46.4 Å². The molecule has 2 saturated heterocycles. The Hall–Kier alpha value is -3.78. The minimum absolute atomic E-state index is 0.369. The van der Waals surface area contributed by atoms with E-state index in [4.69, 9.17) is 37.2 Å². The smallest absolute Gasteiger partial charge is 0.266 e. The second-order valence-corrected chi connectivity index (χ2v) is 9.77. The number of hydrogen-bond donors (Lipinski definition) is 0. The van der Waals surface area contributed by atoms with Crippen LogP contribution in [0.4, 0.5) is 11.4 Å². The number of hydrogen-bond acceptors (Lipinski definition) is 6. The van der Waals surface area contributed by atoms with Crippen molar-refractivity contribution in [3.05, 3.63) is 101 Å². The molecule has 6 rings (SSSR count).